The van der Waals surface area contributed by atoms with E-state index in [0.29, 0.717) is 29.6 Å². The molecule has 5 rings (SSSR count). The summed E-state index contributed by atoms with van der Waals surface area (Å²) in [6.07, 6.45) is 9.87. The molecule has 0 saturated heterocycles. The lowest BCUT2D eigenvalue weighted by Gasteiger charge is -2.34. The van der Waals surface area contributed by atoms with Crippen molar-refractivity contribution in [1.29, 1.82) is 0 Å². The normalized spacial score (nSPS) is 19.4. The highest BCUT2D eigenvalue weighted by molar-refractivity contribution is 6.58. The third-order valence-corrected chi connectivity index (χ3v) is 5.75. The van der Waals surface area contributed by atoms with Crippen LogP contribution in [0.15, 0.2) is 30.7 Å². The van der Waals surface area contributed by atoms with E-state index in [1.807, 2.05) is 24.5 Å². The zero-order chi connectivity index (χ0) is 22.3. The molecule has 0 radical (unpaired) electrons. The average molecular weight is 429 g/mol. The van der Waals surface area contributed by atoms with Crippen LogP contribution in [-0.2, 0) is 4.74 Å². The van der Waals surface area contributed by atoms with Crippen LogP contribution >= 0.6 is 0 Å². The fourth-order valence-electron chi connectivity index (χ4n) is 4.38. The molecular formula is C20H26B3N7O2. The molecule has 32 heavy (non-hydrogen) atoms. The van der Waals surface area contributed by atoms with Crippen molar-refractivity contribution in [3.63, 3.8) is 0 Å². The Balaban J connectivity index is 1.37. The minimum Gasteiger partial charge on any atom is -0.480 e. The Morgan fingerprint density at radius 1 is 1.16 bits per heavy atom. The minimum absolute atomic E-state index is 0.102. The van der Waals surface area contributed by atoms with Crippen molar-refractivity contribution in [2.75, 3.05) is 12.4 Å². The molecule has 0 bridgehead atoms. The first-order valence-corrected chi connectivity index (χ1v) is 11.1. The Labute approximate surface area is 188 Å². The SMILES string of the molecule is BC(B)(B)O[C@H]1CC[C@@H](Nc2nc(OC)c3c(-c4ccc5nccn5n4)c[nH]c3n2)CC1. The van der Waals surface area contributed by atoms with Gasteiger partial charge in [0.15, 0.2) is 5.65 Å². The van der Waals surface area contributed by atoms with Gasteiger partial charge in [0.25, 0.3) is 0 Å². The van der Waals surface area contributed by atoms with Gasteiger partial charge in [0.1, 0.15) is 29.2 Å². The Hall–Kier alpha value is -3.01. The molecule has 4 heterocycles. The molecule has 1 aliphatic rings. The fourth-order valence-corrected chi connectivity index (χ4v) is 4.38. The van der Waals surface area contributed by atoms with E-state index in [9.17, 15) is 0 Å². The third-order valence-electron chi connectivity index (χ3n) is 5.75. The van der Waals surface area contributed by atoms with Gasteiger partial charge in [-0.05, 0) is 43.1 Å². The molecule has 1 saturated carbocycles. The second kappa shape index (κ2) is 8.16. The second-order valence-corrected chi connectivity index (χ2v) is 9.28. The van der Waals surface area contributed by atoms with Gasteiger partial charge in [-0.3, -0.25) is 0 Å². The van der Waals surface area contributed by atoms with Crippen molar-refractivity contribution in [2.24, 2.45) is 0 Å². The van der Waals surface area contributed by atoms with Crippen molar-refractivity contribution >= 4 is 46.2 Å². The molecular weight excluding hydrogens is 403 g/mol. The van der Waals surface area contributed by atoms with Gasteiger partial charge in [0.2, 0.25) is 11.8 Å². The number of nitrogens with one attached hydrogen (secondary N) is 2. The van der Waals surface area contributed by atoms with Crippen LogP contribution in [0.1, 0.15) is 25.7 Å². The van der Waals surface area contributed by atoms with Crippen molar-refractivity contribution in [3.05, 3.63) is 30.7 Å². The number of aromatic nitrogens is 6. The van der Waals surface area contributed by atoms with Gasteiger partial charge in [0, 0.05) is 30.2 Å². The first-order chi connectivity index (χ1) is 15.4. The van der Waals surface area contributed by atoms with E-state index < -0.39 is 0 Å². The number of rotatable bonds is 6. The van der Waals surface area contributed by atoms with E-state index in [-0.39, 0.29) is 5.30 Å². The molecule has 162 valence electrons. The fraction of sp³-hybridized carbons (Fsp3) is 0.400. The largest absolute Gasteiger partial charge is 0.480 e. The first-order valence-electron chi connectivity index (χ1n) is 11.1. The van der Waals surface area contributed by atoms with E-state index in [2.05, 4.69) is 48.9 Å². The van der Waals surface area contributed by atoms with E-state index >= 15 is 0 Å². The predicted molar refractivity (Wildman–Crippen MR) is 132 cm³/mol. The van der Waals surface area contributed by atoms with Gasteiger partial charge >= 0.3 is 0 Å². The zero-order valence-electron chi connectivity index (χ0n) is 18.9. The Bertz CT molecular complexity index is 1250. The Morgan fingerprint density at radius 3 is 2.72 bits per heavy atom. The monoisotopic (exact) mass is 429 g/mol. The second-order valence-electron chi connectivity index (χ2n) is 9.28. The number of aromatic amines is 1. The van der Waals surface area contributed by atoms with E-state index in [4.69, 9.17) is 14.5 Å². The molecule has 12 heteroatoms. The number of fused-ring (bicyclic) bond motifs is 2. The highest BCUT2D eigenvalue weighted by Gasteiger charge is 2.26. The molecule has 9 nitrogen and oxygen atoms in total. The topological polar surface area (TPSA) is 102 Å². The van der Waals surface area contributed by atoms with Crippen LogP contribution < -0.4 is 10.1 Å². The molecule has 0 atom stereocenters. The highest BCUT2D eigenvalue weighted by atomic mass is 16.5. The number of anilines is 1. The summed E-state index contributed by atoms with van der Waals surface area (Å²) in [5, 5.41) is 8.85. The van der Waals surface area contributed by atoms with E-state index in [0.717, 1.165) is 48.0 Å². The van der Waals surface area contributed by atoms with Crippen molar-refractivity contribution in [2.45, 2.75) is 43.1 Å². The minimum atomic E-state index is -0.102. The summed E-state index contributed by atoms with van der Waals surface area (Å²) in [4.78, 5) is 16.9. The average Bonchev–Trinajstić information content (AvgIpc) is 3.40. The van der Waals surface area contributed by atoms with Crippen molar-refractivity contribution < 1.29 is 9.47 Å². The van der Waals surface area contributed by atoms with Gasteiger partial charge in [-0.2, -0.15) is 15.1 Å². The van der Waals surface area contributed by atoms with Crippen LogP contribution in [0.4, 0.5) is 5.95 Å². The van der Waals surface area contributed by atoms with E-state index in [1.54, 1.807) is 17.8 Å². The van der Waals surface area contributed by atoms with Crippen LogP contribution in [0.5, 0.6) is 5.88 Å². The number of hydrogen-bond acceptors (Lipinski definition) is 7. The summed E-state index contributed by atoms with van der Waals surface area (Å²) in [5.41, 5.74) is 3.19. The molecule has 1 fully saturated rings. The van der Waals surface area contributed by atoms with Gasteiger partial charge < -0.3 is 19.8 Å². The van der Waals surface area contributed by atoms with Crippen LogP contribution in [0.25, 0.3) is 27.9 Å². The summed E-state index contributed by atoms with van der Waals surface area (Å²) in [6, 6.07) is 4.19. The van der Waals surface area contributed by atoms with Gasteiger partial charge in [-0.1, -0.05) is 0 Å². The lowest BCUT2D eigenvalue weighted by molar-refractivity contribution is 0.0202. The maximum Gasteiger partial charge on any atom is 0.228 e. The summed E-state index contributed by atoms with van der Waals surface area (Å²) >= 11 is 0. The predicted octanol–water partition coefficient (Wildman–Crippen LogP) is -0.0735. The maximum absolute atomic E-state index is 6.14. The van der Waals surface area contributed by atoms with Crippen molar-refractivity contribution in [3.8, 4) is 17.1 Å². The molecule has 2 N–H and O–H groups in total. The highest BCUT2D eigenvalue weighted by Crippen LogP contribution is 2.34. The first kappa shape index (κ1) is 20.9. The molecule has 0 amide bonds. The van der Waals surface area contributed by atoms with Crippen LogP contribution in [-0.4, -0.2) is 77.6 Å². The number of H-pyrrole nitrogens is 1. The van der Waals surface area contributed by atoms with Gasteiger partial charge in [0.05, 0.1) is 24.3 Å². The quantitative estimate of drug-likeness (QED) is 0.414. The molecule has 0 unspecified atom stereocenters. The molecule has 0 spiro atoms. The Kier molecular flexibility index (Phi) is 5.32. The van der Waals surface area contributed by atoms with Crippen LogP contribution in [0.3, 0.4) is 0 Å². The molecule has 0 aliphatic heterocycles. The number of imidazole rings is 1. The van der Waals surface area contributed by atoms with Gasteiger partial charge in [-0.25, -0.2) is 9.50 Å². The summed E-state index contributed by atoms with van der Waals surface area (Å²) in [6.45, 7) is 0. The molecule has 0 aromatic carbocycles. The summed E-state index contributed by atoms with van der Waals surface area (Å²) < 4.78 is 13.5. The summed E-state index contributed by atoms with van der Waals surface area (Å²) in [7, 11) is 7.96. The molecule has 4 aromatic rings. The summed E-state index contributed by atoms with van der Waals surface area (Å²) in [5.74, 6) is 1.09. The smallest absolute Gasteiger partial charge is 0.228 e. The van der Waals surface area contributed by atoms with Crippen LogP contribution in [0.2, 0.25) is 0 Å². The molecule has 4 aromatic heterocycles. The number of methoxy groups -OCH3 is 1. The van der Waals surface area contributed by atoms with Crippen LogP contribution in [0, 0.1) is 0 Å². The number of hydrogen-bond donors (Lipinski definition) is 2. The molecule has 1 aliphatic carbocycles. The standard InChI is InChI=1S/C20H26B3N7O2/c1-31-18-16-13(14-6-7-15-24-8-9-30(15)29-14)10-25-17(16)27-19(28-18)26-11-2-4-12(5-3-11)32-20(21,22)23/h6-12H,2-5,21-23H2,1H3,(H2,25,26,27,28)/t11-,12+. The van der Waals surface area contributed by atoms with Gasteiger partial charge in [-0.15, -0.1) is 0 Å². The van der Waals surface area contributed by atoms with Crippen molar-refractivity contribution in [1.82, 2.24) is 29.5 Å². The third kappa shape index (κ3) is 4.19. The lowest BCUT2D eigenvalue weighted by atomic mass is 9.52. The maximum atomic E-state index is 6.14. The number of nitrogens with zero attached hydrogens (tertiary/aromatic N) is 5. The Morgan fingerprint density at radius 2 is 1.97 bits per heavy atom. The van der Waals surface area contributed by atoms with E-state index in [1.165, 1.54) is 0 Å². The lowest BCUT2D eigenvalue weighted by Crippen LogP contribution is -2.41. The zero-order valence-corrected chi connectivity index (χ0v) is 18.9. The number of ether oxygens (including phenoxy) is 2.